The van der Waals surface area contributed by atoms with E-state index in [-0.39, 0.29) is 18.1 Å². The zero-order valence-corrected chi connectivity index (χ0v) is 17.0. The van der Waals surface area contributed by atoms with E-state index in [1.807, 2.05) is 38.1 Å². The summed E-state index contributed by atoms with van der Waals surface area (Å²) in [7, 11) is 3.31. The van der Waals surface area contributed by atoms with E-state index in [2.05, 4.69) is 10.4 Å². The number of benzene rings is 1. The zero-order chi connectivity index (χ0) is 20.1. The van der Waals surface area contributed by atoms with Crippen molar-refractivity contribution >= 4 is 5.91 Å². The molecule has 1 amide bonds. The van der Waals surface area contributed by atoms with E-state index in [9.17, 15) is 4.79 Å². The first-order chi connectivity index (χ1) is 13.5. The number of nitrogens with one attached hydrogen (secondary N) is 1. The lowest BCUT2D eigenvalue weighted by Gasteiger charge is -2.24. The molecule has 7 heteroatoms. The first kappa shape index (κ1) is 20.5. The molecule has 0 saturated carbocycles. The molecule has 1 aromatic carbocycles. The summed E-state index contributed by atoms with van der Waals surface area (Å²) in [6.45, 7) is 5.96. The molecular weight excluding hydrogens is 358 g/mol. The van der Waals surface area contributed by atoms with Gasteiger partial charge < -0.3 is 19.5 Å². The summed E-state index contributed by atoms with van der Waals surface area (Å²) in [6, 6.07) is 7.95. The van der Waals surface area contributed by atoms with Gasteiger partial charge in [0.2, 0.25) is 0 Å². The molecule has 2 heterocycles. The summed E-state index contributed by atoms with van der Waals surface area (Å²) >= 11 is 0. The molecule has 0 radical (unpaired) electrons. The monoisotopic (exact) mass is 387 g/mol. The highest BCUT2D eigenvalue weighted by Gasteiger charge is 2.32. The third kappa shape index (κ3) is 4.43. The van der Waals surface area contributed by atoms with E-state index in [1.165, 1.54) is 0 Å². The van der Waals surface area contributed by atoms with Gasteiger partial charge in [-0.1, -0.05) is 24.3 Å². The predicted molar refractivity (Wildman–Crippen MR) is 105 cm³/mol. The maximum Gasteiger partial charge on any atom is 0.270 e. The van der Waals surface area contributed by atoms with Crippen LogP contribution in [0.4, 0.5) is 0 Å². The second kappa shape index (κ2) is 9.32. The Morgan fingerprint density at radius 1 is 1.25 bits per heavy atom. The molecule has 0 aliphatic carbocycles. The normalized spacial score (nSPS) is 18.7. The molecule has 28 heavy (non-hydrogen) atoms. The van der Waals surface area contributed by atoms with Crippen LogP contribution in [-0.2, 0) is 40.3 Å². The molecular formula is C21H29N3O4. The lowest BCUT2D eigenvalue weighted by Crippen LogP contribution is -2.29. The van der Waals surface area contributed by atoms with Crippen LogP contribution in [0.2, 0.25) is 0 Å². The average Bonchev–Trinajstić information content (AvgIpc) is 3.04. The number of aromatic nitrogens is 2. The minimum Gasteiger partial charge on any atom is -0.383 e. The topological polar surface area (TPSA) is 74.6 Å². The Balaban J connectivity index is 1.84. The molecule has 7 nitrogen and oxygen atoms in total. The van der Waals surface area contributed by atoms with E-state index in [0.29, 0.717) is 38.4 Å². The van der Waals surface area contributed by atoms with E-state index in [4.69, 9.17) is 14.2 Å². The van der Waals surface area contributed by atoms with Crippen molar-refractivity contribution in [1.82, 2.24) is 15.1 Å². The van der Waals surface area contributed by atoms with Gasteiger partial charge in [-0.2, -0.15) is 5.10 Å². The zero-order valence-electron chi connectivity index (χ0n) is 17.0. The number of methoxy groups -OCH3 is 2. The molecule has 0 bridgehead atoms. The third-order valence-electron chi connectivity index (χ3n) is 4.97. The van der Waals surface area contributed by atoms with Crippen LogP contribution in [0, 0.1) is 0 Å². The highest BCUT2D eigenvalue weighted by molar-refractivity contribution is 5.94. The molecule has 3 rings (SSSR count). The largest absolute Gasteiger partial charge is 0.383 e. The second-order valence-electron chi connectivity index (χ2n) is 7.11. The van der Waals surface area contributed by atoms with Crippen LogP contribution in [0.15, 0.2) is 24.3 Å². The van der Waals surface area contributed by atoms with Gasteiger partial charge in [0.25, 0.3) is 5.91 Å². The van der Waals surface area contributed by atoms with Gasteiger partial charge in [-0.3, -0.25) is 9.48 Å². The van der Waals surface area contributed by atoms with Crippen molar-refractivity contribution in [2.75, 3.05) is 20.8 Å². The smallest absolute Gasteiger partial charge is 0.270 e. The Labute approximate surface area is 166 Å². The minimum absolute atomic E-state index is 0.0524. The van der Waals surface area contributed by atoms with Crippen molar-refractivity contribution in [2.24, 2.45) is 0 Å². The Kier molecular flexibility index (Phi) is 6.83. The van der Waals surface area contributed by atoms with Gasteiger partial charge in [-0.25, -0.2) is 0 Å². The summed E-state index contributed by atoms with van der Waals surface area (Å²) in [5, 5.41) is 7.72. The number of fused-ring (bicyclic) bond motifs is 1. The maximum atomic E-state index is 13.1. The van der Waals surface area contributed by atoms with Gasteiger partial charge >= 0.3 is 0 Å². The van der Waals surface area contributed by atoms with Crippen molar-refractivity contribution in [1.29, 1.82) is 0 Å². The van der Waals surface area contributed by atoms with Crippen LogP contribution in [0.5, 0.6) is 0 Å². The van der Waals surface area contributed by atoms with Gasteiger partial charge in [0.1, 0.15) is 5.69 Å². The fraction of sp³-hybridized carbons (Fsp3) is 0.524. The van der Waals surface area contributed by atoms with Crippen molar-refractivity contribution in [3.8, 4) is 0 Å². The van der Waals surface area contributed by atoms with Crippen LogP contribution in [0.25, 0.3) is 0 Å². The Morgan fingerprint density at radius 2 is 2.00 bits per heavy atom. The van der Waals surface area contributed by atoms with Crippen LogP contribution >= 0.6 is 0 Å². The lowest BCUT2D eigenvalue weighted by atomic mass is 9.99. The van der Waals surface area contributed by atoms with Crippen molar-refractivity contribution in [3.05, 3.63) is 52.3 Å². The molecule has 2 aromatic rings. The molecule has 1 aliphatic rings. The van der Waals surface area contributed by atoms with Crippen molar-refractivity contribution in [2.45, 2.75) is 52.2 Å². The van der Waals surface area contributed by atoms with E-state index < -0.39 is 0 Å². The molecule has 1 N–H and O–H groups in total. The molecule has 0 unspecified atom stereocenters. The maximum absolute atomic E-state index is 13.1. The number of hydrogen-bond donors (Lipinski definition) is 1. The average molecular weight is 387 g/mol. The summed E-state index contributed by atoms with van der Waals surface area (Å²) in [6.07, 6.45) is 0.600. The van der Waals surface area contributed by atoms with Gasteiger partial charge in [-0.15, -0.1) is 0 Å². The third-order valence-corrected chi connectivity index (χ3v) is 4.97. The molecule has 152 valence electrons. The second-order valence-corrected chi connectivity index (χ2v) is 7.11. The van der Waals surface area contributed by atoms with Crippen LogP contribution in [0.1, 0.15) is 52.8 Å². The number of amides is 1. The molecule has 1 aromatic heterocycles. The summed E-state index contributed by atoms with van der Waals surface area (Å²) in [4.78, 5) is 13.1. The van der Waals surface area contributed by atoms with Gasteiger partial charge in [0.15, 0.2) is 0 Å². The number of hydrogen-bond acceptors (Lipinski definition) is 5. The van der Waals surface area contributed by atoms with Crippen LogP contribution in [-0.4, -0.2) is 42.6 Å². The first-order valence-electron chi connectivity index (χ1n) is 9.63. The van der Waals surface area contributed by atoms with E-state index in [0.717, 1.165) is 22.4 Å². The quantitative estimate of drug-likeness (QED) is 0.754. The Morgan fingerprint density at radius 3 is 2.71 bits per heavy atom. The molecule has 0 spiro atoms. The van der Waals surface area contributed by atoms with Crippen LogP contribution < -0.4 is 5.32 Å². The minimum atomic E-state index is -0.128. The molecule has 2 atom stereocenters. The van der Waals surface area contributed by atoms with Crippen molar-refractivity contribution in [3.63, 3.8) is 0 Å². The van der Waals surface area contributed by atoms with Crippen molar-refractivity contribution < 1.29 is 19.0 Å². The van der Waals surface area contributed by atoms with Crippen LogP contribution in [0.3, 0.4) is 0 Å². The highest BCUT2D eigenvalue weighted by Crippen LogP contribution is 2.31. The Hall–Kier alpha value is -2.22. The summed E-state index contributed by atoms with van der Waals surface area (Å²) < 4.78 is 18.1. The fourth-order valence-electron chi connectivity index (χ4n) is 3.67. The number of ether oxygens (including phenoxy) is 3. The summed E-state index contributed by atoms with van der Waals surface area (Å²) in [5.41, 5.74) is 4.54. The number of nitrogens with zero attached hydrogens (tertiary/aromatic N) is 2. The Bertz CT molecular complexity index is 818. The molecule has 0 fully saturated rings. The number of rotatable bonds is 8. The predicted octanol–water partition coefficient (Wildman–Crippen LogP) is 2.63. The first-order valence-corrected chi connectivity index (χ1v) is 9.63. The molecule has 0 saturated heterocycles. The van der Waals surface area contributed by atoms with E-state index in [1.54, 1.807) is 18.9 Å². The SMILES string of the molecule is COCCn1nc2c(c1C(=O)NCc1ccccc1COC)C[C@H](C)O[C@@H]2C. The number of carbonyl (C=O) groups excluding carboxylic acids is 1. The summed E-state index contributed by atoms with van der Waals surface area (Å²) in [5.74, 6) is -0.127. The molecule has 1 aliphatic heterocycles. The fourth-order valence-corrected chi connectivity index (χ4v) is 3.67. The standard InChI is InChI=1S/C21H29N3O4/c1-14-11-18-19(15(2)28-14)23-24(9-10-26-3)20(18)21(25)22-12-16-7-5-6-8-17(16)13-27-4/h5-8,14-15H,9-13H2,1-4H3,(H,22,25)/t14-,15+/m0/s1. The number of carbonyl (C=O) groups is 1. The van der Waals surface area contributed by atoms with Gasteiger partial charge in [0.05, 0.1) is 37.7 Å². The van der Waals surface area contributed by atoms with Gasteiger partial charge in [0, 0.05) is 32.7 Å². The highest BCUT2D eigenvalue weighted by atomic mass is 16.5. The van der Waals surface area contributed by atoms with E-state index >= 15 is 0 Å². The lowest BCUT2D eigenvalue weighted by molar-refractivity contribution is -0.00716. The van der Waals surface area contributed by atoms with Gasteiger partial charge in [-0.05, 0) is 25.0 Å².